The van der Waals surface area contributed by atoms with Gasteiger partial charge in [-0.05, 0) is 39.7 Å². The standard InChI is InChI=1S/C15H15BrN2O4/c1-21-13-8-10(7-12(16)14(13)19)6-11(9-17)15(20)18-2-4-22-5-3-18/h6-8,19H,2-5H2,1H3. The summed E-state index contributed by atoms with van der Waals surface area (Å²) in [7, 11) is 1.43. The van der Waals surface area contributed by atoms with Crippen LogP contribution in [0, 0.1) is 11.3 Å². The van der Waals surface area contributed by atoms with Gasteiger partial charge in [-0.25, -0.2) is 0 Å². The molecule has 0 bridgehead atoms. The number of ether oxygens (including phenoxy) is 2. The van der Waals surface area contributed by atoms with Gasteiger partial charge < -0.3 is 19.5 Å². The Labute approximate surface area is 136 Å². The van der Waals surface area contributed by atoms with E-state index in [-0.39, 0.29) is 23.0 Å². The van der Waals surface area contributed by atoms with Gasteiger partial charge in [-0.2, -0.15) is 5.26 Å². The average Bonchev–Trinajstić information content (AvgIpc) is 2.55. The van der Waals surface area contributed by atoms with Crippen LogP contribution in [-0.2, 0) is 9.53 Å². The first-order valence-corrected chi connectivity index (χ1v) is 7.41. The number of aromatic hydroxyl groups is 1. The molecule has 7 heteroatoms. The summed E-state index contributed by atoms with van der Waals surface area (Å²) in [6.07, 6.45) is 1.48. The monoisotopic (exact) mass is 366 g/mol. The van der Waals surface area contributed by atoms with E-state index in [1.807, 2.05) is 6.07 Å². The number of benzene rings is 1. The molecule has 1 aromatic rings. The van der Waals surface area contributed by atoms with Crippen molar-refractivity contribution in [3.8, 4) is 17.6 Å². The third-order valence-corrected chi connectivity index (χ3v) is 3.84. The Morgan fingerprint density at radius 3 is 2.77 bits per heavy atom. The molecule has 0 spiro atoms. The zero-order chi connectivity index (χ0) is 16.1. The largest absolute Gasteiger partial charge is 0.503 e. The maximum Gasteiger partial charge on any atom is 0.264 e. The van der Waals surface area contributed by atoms with E-state index in [4.69, 9.17) is 9.47 Å². The van der Waals surface area contributed by atoms with Gasteiger partial charge in [0.15, 0.2) is 11.5 Å². The maximum absolute atomic E-state index is 12.3. The number of hydrogen-bond acceptors (Lipinski definition) is 5. The molecule has 0 aromatic heterocycles. The number of carbonyl (C=O) groups excluding carboxylic acids is 1. The summed E-state index contributed by atoms with van der Waals surface area (Å²) in [5.74, 6) is -0.0941. The number of halogens is 1. The molecule has 1 aliphatic heterocycles. The van der Waals surface area contributed by atoms with E-state index in [1.54, 1.807) is 17.0 Å². The lowest BCUT2D eigenvalue weighted by Gasteiger charge is -2.26. The lowest BCUT2D eigenvalue weighted by atomic mass is 10.1. The van der Waals surface area contributed by atoms with Gasteiger partial charge >= 0.3 is 0 Å². The predicted molar refractivity (Wildman–Crippen MR) is 83.3 cm³/mol. The molecule has 1 N–H and O–H groups in total. The number of phenolic OH excluding ortho intramolecular Hbond substituents is 1. The summed E-state index contributed by atoms with van der Waals surface area (Å²) in [5, 5.41) is 19.0. The summed E-state index contributed by atoms with van der Waals surface area (Å²) < 4.78 is 10.7. The van der Waals surface area contributed by atoms with Crippen LogP contribution in [0.5, 0.6) is 11.5 Å². The SMILES string of the molecule is COc1cc(C=C(C#N)C(=O)N2CCOCC2)cc(Br)c1O. The van der Waals surface area contributed by atoms with Crippen molar-refractivity contribution < 1.29 is 19.4 Å². The Kier molecular flexibility index (Phi) is 5.41. The molecule has 2 rings (SSSR count). The number of carbonyl (C=O) groups is 1. The lowest BCUT2D eigenvalue weighted by molar-refractivity contribution is -0.130. The molecular formula is C15H15BrN2O4. The molecule has 0 radical (unpaired) electrons. The molecular weight excluding hydrogens is 352 g/mol. The van der Waals surface area contributed by atoms with E-state index in [1.165, 1.54) is 13.2 Å². The summed E-state index contributed by atoms with van der Waals surface area (Å²) in [6, 6.07) is 5.10. The van der Waals surface area contributed by atoms with Crippen molar-refractivity contribution in [3.05, 3.63) is 27.7 Å². The topological polar surface area (TPSA) is 82.8 Å². The van der Waals surface area contributed by atoms with Crippen molar-refractivity contribution in [2.75, 3.05) is 33.4 Å². The van der Waals surface area contributed by atoms with Crippen LogP contribution in [0.1, 0.15) is 5.56 Å². The Bertz CT molecular complexity index is 646. The number of phenols is 1. The highest BCUT2D eigenvalue weighted by Gasteiger charge is 2.20. The van der Waals surface area contributed by atoms with Gasteiger partial charge in [0.25, 0.3) is 5.91 Å². The Morgan fingerprint density at radius 1 is 1.50 bits per heavy atom. The third kappa shape index (κ3) is 3.59. The minimum atomic E-state index is -0.325. The van der Waals surface area contributed by atoms with Crippen molar-refractivity contribution in [3.63, 3.8) is 0 Å². The van der Waals surface area contributed by atoms with Gasteiger partial charge in [0, 0.05) is 13.1 Å². The maximum atomic E-state index is 12.3. The van der Waals surface area contributed by atoms with Crippen LogP contribution in [0.3, 0.4) is 0 Å². The van der Waals surface area contributed by atoms with Crippen LogP contribution in [-0.4, -0.2) is 49.3 Å². The number of nitriles is 1. The molecule has 1 heterocycles. The highest BCUT2D eigenvalue weighted by molar-refractivity contribution is 9.10. The number of methoxy groups -OCH3 is 1. The Hall–Kier alpha value is -2.04. The van der Waals surface area contributed by atoms with E-state index in [0.29, 0.717) is 36.3 Å². The molecule has 1 fully saturated rings. The molecule has 6 nitrogen and oxygen atoms in total. The molecule has 1 aliphatic rings. The summed E-state index contributed by atoms with van der Waals surface area (Å²) in [5.41, 5.74) is 0.612. The van der Waals surface area contributed by atoms with Gasteiger partial charge in [0.1, 0.15) is 11.6 Å². The summed E-state index contributed by atoms with van der Waals surface area (Å²) in [6.45, 7) is 1.90. The van der Waals surface area contributed by atoms with Crippen molar-refractivity contribution in [1.29, 1.82) is 5.26 Å². The van der Waals surface area contributed by atoms with Gasteiger partial charge in [0.2, 0.25) is 0 Å². The number of amides is 1. The molecule has 0 saturated carbocycles. The minimum Gasteiger partial charge on any atom is -0.503 e. The normalized spacial score (nSPS) is 15.3. The third-order valence-electron chi connectivity index (χ3n) is 3.23. The fourth-order valence-corrected chi connectivity index (χ4v) is 2.54. The zero-order valence-corrected chi connectivity index (χ0v) is 13.6. The van der Waals surface area contributed by atoms with Gasteiger partial charge in [-0.15, -0.1) is 0 Å². The summed E-state index contributed by atoms with van der Waals surface area (Å²) in [4.78, 5) is 13.9. The van der Waals surface area contributed by atoms with Gasteiger partial charge in [-0.3, -0.25) is 4.79 Å². The van der Waals surface area contributed by atoms with Gasteiger partial charge in [0.05, 0.1) is 24.8 Å². The number of hydrogen-bond donors (Lipinski definition) is 1. The first-order chi connectivity index (χ1) is 10.6. The average molecular weight is 367 g/mol. The molecule has 0 unspecified atom stereocenters. The first kappa shape index (κ1) is 16.3. The van der Waals surface area contributed by atoms with Crippen molar-refractivity contribution in [2.45, 2.75) is 0 Å². The first-order valence-electron chi connectivity index (χ1n) is 6.62. The second kappa shape index (κ2) is 7.29. The highest BCUT2D eigenvalue weighted by atomic mass is 79.9. The predicted octanol–water partition coefficient (Wildman–Crippen LogP) is 1.93. The fraction of sp³-hybridized carbons (Fsp3) is 0.333. The molecule has 1 saturated heterocycles. The smallest absolute Gasteiger partial charge is 0.264 e. The van der Waals surface area contributed by atoms with Gasteiger partial charge in [-0.1, -0.05) is 0 Å². The van der Waals surface area contributed by atoms with E-state index in [2.05, 4.69) is 15.9 Å². The van der Waals surface area contributed by atoms with E-state index >= 15 is 0 Å². The molecule has 1 aromatic carbocycles. The molecule has 1 amide bonds. The Balaban J connectivity index is 2.30. The second-order valence-electron chi connectivity index (χ2n) is 4.63. The summed E-state index contributed by atoms with van der Waals surface area (Å²) >= 11 is 3.21. The number of morpholine rings is 1. The van der Waals surface area contributed by atoms with Crippen molar-refractivity contribution in [2.24, 2.45) is 0 Å². The van der Waals surface area contributed by atoms with E-state index < -0.39 is 0 Å². The molecule has 116 valence electrons. The second-order valence-corrected chi connectivity index (χ2v) is 5.48. The molecule has 0 atom stereocenters. The van der Waals surface area contributed by atoms with Crippen LogP contribution >= 0.6 is 15.9 Å². The van der Waals surface area contributed by atoms with Crippen LogP contribution in [0.25, 0.3) is 6.08 Å². The quantitative estimate of drug-likeness (QED) is 0.652. The van der Waals surface area contributed by atoms with Crippen LogP contribution < -0.4 is 4.74 Å². The fourth-order valence-electron chi connectivity index (χ4n) is 2.08. The minimum absolute atomic E-state index is 0.0292. The molecule has 22 heavy (non-hydrogen) atoms. The van der Waals surface area contributed by atoms with Crippen LogP contribution in [0.2, 0.25) is 0 Å². The van der Waals surface area contributed by atoms with Crippen LogP contribution in [0.15, 0.2) is 22.2 Å². The van der Waals surface area contributed by atoms with Crippen molar-refractivity contribution >= 4 is 27.9 Å². The van der Waals surface area contributed by atoms with Crippen LogP contribution in [0.4, 0.5) is 0 Å². The van der Waals surface area contributed by atoms with Crippen molar-refractivity contribution in [1.82, 2.24) is 4.90 Å². The number of rotatable bonds is 3. The zero-order valence-electron chi connectivity index (χ0n) is 12.0. The number of nitrogens with zero attached hydrogens (tertiary/aromatic N) is 2. The highest BCUT2D eigenvalue weighted by Crippen LogP contribution is 2.35. The van der Waals surface area contributed by atoms with E-state index in [9.17, 15) is 15.2 Å². The lowest BCUT2D eigenvalue weighted by Crippen LogP contribution is -2.41. The Morgan fingerprint density at radius 2 is 2.18 bits per heavy atom. The molecule has 0 aliphatic carbocycles. The van der Waals surface area contributed by atoms with E-state index in [0.717, 1.165) is 0 Å².